The molecule has 1 N–H and O–H groups in total. The van der Waals surface area contributed by atoms with E-state index in [2.05, 4.69) is 17.0 Å². The van der Waals surface area contributed by atoms with Gasteiger partial charge < -0.3 is 5.32 Å². The van der Waals surface area contributed by atoms with Crippen LogP contribution >= 0.6 is 0 Å². The van der Waals surface area contributed by atoms with Crippen molar-refractivity contribution < 1.29 is 22.8 Å². The van der Waals surface area contributed by atoms with Crippen molar-refractivity contribution in [3.63, 3.8) is 0 Å². The van der Waals surface area contributed by atoms with Crippen molar-refractivity contribution in [1.82, 2.24) is 15.1 Å². The lowest BCUT2D eigenvalue weighted by atomic mass is 10.0. The molecular formula is C31H35F3N4O2. The van der Waals surface area contributed by atoms with Gasteiger partial charge in [0, 0.05) is 24.1 Å². The molecular weight excluding hydrogens is 517 g/mol. The molecule has 1 atom stereocenters. The molecule has 1 unspecified atom stereocenters. The average molecular weight is 553 g/mol. The molecule has 2 heterocycles. The Morgan fingerprint density at radius 2 is 1.80 bits per heavy atom. The van der Waals surface area contributed by atoms with Crippen molar-refractivity contribution in [2.75, 3.05) is 11.4 Å². The number of benzene rings is 2. The van der Waals surface area contributed by atoms with E-state index in [-0.39, 0.29) is 17.9 Å². The Balaban J connectivity index is 0.000000545. The van der Waals surface area contributed by atoms with Crippen LogP contribution < -0.4 is 10.2 Å². The summed E-state index contributed by atoms with van der Waals surface area (Å²) in [5, 5.41) is 6.98. The highest BCUT2D eigenvalue weighted by Gasteiger charge is 2.37. The minimum absolute atomic E-state index is 0.156. The summed E-state index contributed by atoms with van der Waals surface area (Å²) in [6.07, 6.45) is 6.79. The van der Waals surface area contributed by atoms with Gasteiger partial charge in [-0.05, 0) is 44.2 Å². The van der Waals surface area contributed by atoms with E-state index in [9.17, 15) is 22.8 Å². The number of fused-ring (bicyclic) bond motifs is 1. The summed E-state index contributed by atoms with van der Waals surface area (Å²) < 4.78 is 40.5. The van der Waals surface area contributed by atoms with E-state index < -0.39 is 23.7 Å². The van der Waals surface area contributed by atoms with Gasteiger partial charge in [0.25, 0.3) is 11.8 Å². The fourth-order valence-corrected chi connectivity index (χ4v) is 3.92. The van der Waals surface area contributed by atoms with Gasteiger partial charge in [0.1, 0.15) is 11.9 Å². The molecule has 9 heteroatoms. The van der Waals surface area contributed by atoms with Crippen LogP contribution in [0.4, 0.5) is 19.0 Å². The molecule has 2 amide bonds. The van der Waals surface area contributed by atoms with Gasteiger partial charge in [-0.3, -0.25) is 14.5 Å². The Morgan fingerprint density at radius 1 is 1.10 bits per heavy atom. The fraction of sp³-hybridized carbons (Fsp3) is 0.258. The predicted molar refractivity (Wildman–Crippen MR) is 153 cm³/mol. The number of para-hydroxylation sites is 1. The van der Waals surface area contributed by atoms with E-state index in [4.69, 9.17) is 0 Å². The second-order valence-electron chi connectivity index (χ2n) is 8.28. The number of aromatic nitrogens is 2. The molecule has 6 nitrogen and oxygen atoms in total. The molecule has 0 fully saturated rings. The van der Waals surface area contributed by atoms with Crippen molar-refractivity contribution in [2.24, 2.45) is 0 Å². The topological polar surface area (TPSA) is 67.2 Å². The van der Waals surface area contributed by atoms with Crippen LogP contribution in [0.15, 0.2) is 97.8 Å². The summed E-state index contributed by atoms with van der Waals surface area (Å²) in [6, 6.07) is 12.6. The largest absolute Gasteiger partial charge is 0.416 e. The third-order valence-electron chi connectivity index (χ3n) is 5.69. The van der Waals surface area contributed by atoms with Gasteiger partial charge in [0.2, 0.25) is 0 Å². The first-order chi connectivity index (χ1) is 19.2. The quantitative estimate of drug-likeness (QED) is 0.337. The molecule has 0 radical (unpaired) electrons. The third-order valence-corrected chi connectivity index (χ3v) is 5.69. The maximum absolute atomic E-state index is 13.1. The number of nitrogens with one attached hydrogen (secondary N) is 1. The van der Waals surface area contributed by atoms with Crippen LogP contribution in [0.5, 0.6) is 0 Å². The highest BCUT2D eigenvalue weighted by atomic mass is 19.4. The van der Waals surface area contributed by atoms with E-state index in [0.29, 0.717) is 12.4 Å². The van der Waals surface area contributed by atoms with Crippen molar-refractivity contribution in [1.29, 1.82) is 0 Å². The Morgan fingerprint density at radius 3 is 2.40 bits per heavy atom. The van der Waals surface area contributed by atoms with Crippen LogP contribution in [0.3, 0.4) is 0 Å². The Hall–Kier alpha value is -4.40. The first-order valence-electron chi connectivity index (χ1n) is 13.0. The molecule has 212 valence electrons. The highest BCUT2D eigenvalue weighted by molar-refractivity contribution is 6.04. The summed E-state index contributed by atoms with van der Waals surface area (Å²) in [5.41, 5.74) is 0.481. The maximum atomic E-state index is 13.1. The van der Waals surface area contributed by atoms with Gasteiger partial charge in [-0.2, -0.15) is 18.3 Å². The van der Waals surface area contributed by atoms with Crippen LogP contribution in [0, 0.1) is 0 Å². The number of carbonyl (C=O) groups is 2. The van der Waals surface area contributed by atoms with E-state index in [1.54, 1.807) is 23.9 Å². The van der Waals surface area contributed by atoms with Crippen LogP contribution in [0.25, 0.3) is 5.69 Å². The van der Waals surface area contributed by atoms with Crippen LogP contribution in [-0.2, 0) is 17.4 Å². The number of anilines is 1. The van der Waals surface area contributed by atoms with Crippen molar-refractivity contribution in [3.8, 4) is 5.69 Å². The lowest BCUT2D eigenvalue weighted by Crippen LogP contribution is -2.53. The van der Waals surface area contributed by atoms with Crippen LogP contribution in [0.1, 0.15) is 49.2 Å². The number of rotatable bonds is 6. The molecule has 0 saturated carbocycles. The summed E-state index contributed by atoms with van der Waals surface area (Å²) in [5.74, 6) is -0.448. The number of alkyl halides is 3. The number of hydrogen-bond acceptors (Lipinski definition) is 3. The molecule has 1 aliphatic rings. The van der Waals surface area contributed by atoms with E-state index >= 15 is 0 Å². The molecule has 4 rings (SSSR count). The van der Waals surface area contributed by atoms with Gasteiger partial charge in [0.05, 0.1) is 17.4 Å². The van der Waals surface area contributed by atoms with E-state index in [1.807, 2.05) is 75.4 Å². The van der Waals surface area contributed by atoms with Crippen LogP contribution in [-0.4, -0.2) is 34.2 Å². The molecule has 3 aromatic rings. The normalized spacial score (nSPS) is 14.6. The molecule has 2 aromatic carbocycles. The van der Waals surface area contributed by atoms with E-state index in [0.717, 1.165) is 23.4 Å². The van der Waals surface area contributed by atoms with E-state index in [1.165, 1.54) is 17.0 Å². The van der Waals surface area contributed by atoms with Gasteiger partial charge in [-0.25, -0.2) is 4.68 Å². The summed E-state index contributed by atoms with van der Waals surface area (Å²) in [6.45, 7) is 11.6. The molecule has 0 aliphatic carbocycles. The SMILES string of the molecule is C=C/C=C\C=C/C.CC.CCN1C(=O)C(NC(=O)c2cccc(C(F)(F)F)c2)Cc2cnn(-c3ccccc3)c21. The molecule has 1 aliphatic heterocycles. The van der Waals surface area contributed by atoms with Gasteiger partial charge in [-0.15, -0.1) is 0 Å². The fourth-order valence-electron chi connectivity index (χ4n) is 3.92. The number of hydrogen-bond donors (Lipinski definition) is 1. The second kappa shape index (κ2) is 15.3. The molecule has 0 bridgehead atoms. The number of amides is 2. The third kappa shape index (κ3) is 8.05. The first kappa shape index (κ1) is 31.8. The van der Waals surface area contributed by atoms with Crippen molar-refractivity contribution in [2.45, 2.75) is 46.3 Å². The lowest BCUT2D eigenvalue weighted by molar-refractivity contribution is -0.137. The first-order valence-corrected chi connectivity index (χ1v) is 13.0. The number of allylic oxidation sites excluding steroid dienone is 5. The standard InChI is InChI=1S/C22H19F3N4O2.C7H10.C2H6/c1-2-28-20-15(13-26-29(20)17-9-4-3-5-10-17)12-18(21(28)31)27-19(30)14-7-6-8-16(11-14)22(23,24)25;1-3-5-7-6-4-2;1-2/h3-11,13,18H,2,12H2,1H3,(H,27,30);3-7H,1H2,2H3;1-2H3/b;6-4-,7-5-;. The lowest BCUT2D eigenvalue weighted by Gasteiger charge is -2.32. The minimum atomic E-state index is -4.56. The smallest absolute Gasteiger partial charge is 0.340 e. The summed E-state index contributed by atoms with van der Waals surface area (Å²) >= 11 is 0. The number of halogens is 3. The zero-order valence-corrected chi connectivity index (χ0v) is 23.2. The van der Waals surface area contributed by atoms with Gasteiger partial charge >= 0.3 is 6.18 Å². The van der Waals surface area contributed by atoms with Gasteiger partial charge in [-0.1, -0.05) is 75.1 Å². The maximum Gasteiger partial charge on any atom is 0.416 e. The molecule has 1 aromatic heterocycles. The molecule has 0 saturated heterocycles. The number of carbonyl (C=O) groups excluding carboxylic acids is 2. The number of nitrogens with zero attached hydrogens (tertiary/aromatic N) is 3. The minimum Gasteiger partial charge on any atom is -0.340 e. The predicted octanol–water partition coefficient (Wildman–Crippen LogP) is 6.93. The number of likely N-dealkylation sites (N-methyl/N-ethyl adjacent to an activating group) is 1. The highest BCUT2D eigenvalue weighted by Crippen LogP contribution is 2.31. The summed E-state index contributed by atoms with van der Waals surface area (Å²) in [4.78, 5) is 27.2. The second-order valence-corrected chi connectivity index (χ2v) is 8.28. The zero-order chi connectivity index (χ0) is 29.7. The van der Waals surface area contributed by atoms with Crippen LogP contribution in [0.2, 0.25) is 0 Å². The molecule has 40 heavy (non-hydrogen) atoms. The zero-order valence-electron chi connectivity index (χ0n) is 23.2. The van der Waals surface area contributed by atoms with Crippen molar-refractivity contribution in [3.05, 3.63) is 114 Å². The summed E-state index contributed by atoms with van der Waals surface area (Å²) in [7, 11) is 0. The Labute approximate surface area is 233 Å². The Bertz CT molecular complexity index is 1330. The average Bonchev–Trinajstić information content (AvgIpc) is 3.39. The van der Waals surface area contributed by atoms with Gasteiger partial charge in [0.15, 0.2) is 0 Å². The monoisotopic (exact) mass is 552 g/mol. The Kier molecular flexibility index (Phi) is 12.1. The van der Waals surface area contributed by atoms with Crippen molar-refractivity contribution >= 4 is 17.6 Å². The molecule has 0 spiro atoms.